The van der Waals surface area contributed by atoms with Gasteiger partial charge in [0.2, 0.25) is 0 Å². The summed E-state index contributed by atoms with van der Waals surface area (Å²) in [6.07, 6.45) is 0.357. The molecule has 0 bridgehead atoms. The zero-order valence-corrected chi connectivity index (χ0v) is 22.2. The Labute approximate surface area is 221 Å². The lowest BCUT2D eigenvalue weighted by Crippen LogP contribution is -2.45. The van der Waals surface area contributed by atoms with Gasteiger partial charge in [0.25, 0.3) is 0 Å². The Kier molecular flexibility index (Phi) is 9.99. The third-order valence-electron chi connectivity index (χ3n) is 5.78. The van der Waals surface area contributed by atoms with Crippen LogP contribution in [-0.4, -0.2) is 63.0 Å². The molecule has 12 nitrogen and oxygen atoms in total. The number of methoxy groups -OCH3 is 1. The minimum Gasteiger partial charge on any atom is -0.490 e. The number of aliphatic hydroxyl groups excluding tert-OH is 1. The maximum atomic E-state index is 12.4. The molecule has 1 aliphatic rings. The van der Waals surface area contributed by atoms with Crippen LogP contribution in [-0.2, 0) is 9.53 Å². The van der Waals surface area contributed by atoms with Crippen LogP contribution in [0.1, 0.15) is 45.1 Å². The Hall–Kier alpha value is -4.19. The van der Waals surface area contributed by atoms with Crippen LogP contribution >= 0.6 is 0 Å². The molecule has 3 rings (SSSR count). The molecule has 2 heterocycles. The van der Waals surface area contributed by atoms with Crippen molar-refractivity contribution in [2.75, 3.05) is 38.3 Å². The fourth-order valence-electron chi connectivity index (χ4n) is 3.93. The SMILES string of the molecule is CCOc1cc([C@@H]2NC(=O)NC(C)=C2C(=O)OC)ccc1OC[C@@H](O)N/N=C\c1ccc(N(CC)CC)o1. The smallest absolute Gasteiger partial charge is 0.337 e. The fourth-order valence-corrected chi connectivity index (χ4v) is 3.93. The van der Waals surface area contributed by atoms with Crippen LogP contribution in [0.15, 0.2) is 51.1 Å². The lowest BCUT2D eigenvalue weighted by atomic mass is 9.95. The number of hydrazone groups is 1. The molecule has 0 unspecified atom stereocenters. The van der Waals surface area contributed by atoms with Crippen molar-refractivity contribution in [1.29, 1.82) is 0 Å². The number of allylic oxidation sites excluding steroid dienone is 1. The molecule has 0 radical (unpaired) electrons. The zero-order chi connectivity index (χ0) is 27.7. The molecule has 2 atom stereocenters. The van der Waals surface area contributed by atoms with Gasteiger partial charge in [-0.05, 0) is 51.5 Å². The first kappa shape index (κ1) is 28.4. The largest absolute Gasteiger partial charge is 0.490 e. The van der Waals surface area contributed by atoms with Crippen LogP contribution in [0.5, 0.6) is 11.5 Å². The molecule has 1 aromatic heterocycles. The maximum absolute atomic E-state index is 12.4. The quantitative estimate of drug-likeness (QED) is 0.133. The summed E-state index contributed by atoms with van der Waals surface area (Å²) in [6, 6.07) is 7.51. The predicted molar refractivity (Wildman–Crippen MR) is 141 cm³/mol. The molecule has 1 aliphatic heterocycles. The van der Waals surface area contributed by atoms with Gasteiger partial charge in [-0.1, -0.05) is 6.07 Å². The molecule has 4 N–H and O–H groups in total. The maximum Gasteiger partial charge on any atom is 0.337 e. The van der Waals surface area contributed by atoms with Crippen molar-refractivity contribution in [2.45, 2.75) is 40.0 Å². The molecule has 0 saturated heterocycles. The van der Waals surface area contributed by atoms with E-state index in [1.54, 1.807) is 31.2 Å². The number of furan rings is 1. The van der Waals surface area contributed by atoms with Gasteiger partial charge in [-0.15, -0.1) is 0 Å². The van der Waals surface area contributed by atoms with Gasteiger partial charge in [-0.25, -0.2) is 9.59 Å². The molecule has 1 aromatic carbocycles. The normalized spacial score (nSPS) is 16.1. The minimum atomic E-state index is -1.11. The summed E-state index contributed by atoms with van der Waals surface area (Å²) in [6.45, 7) is 9.42. The van der Waals surface area contributed by atoms with Crippen molar-refractivity contribution < 1.29 is 33.3 Å². The highest BCUT2D eigenvalue weighted by molar-refractivity contribution is 5.95. The van der Waals surface area contributed by atoms with Gasteiger partial charge in [-0.3, -0.25) is 5.43 Å². The third kappa shape index (κ3) is 6.97. The van der Waals surface area contributed by atoms with Crippen LogP contribution in [0.25, 0.3) is 0 Å². The number of nitrogens with one attached hydrogen (secondary N) is 3. The van der Waals surface area contributed by atoms with E-state index in [9.17, 15) is 14.7 Å². The molecule has 0 fully saturated rings. The van der Waals surface area contributed by atoms with E-state index in [1.807, 2.05) is 26.8 Å². The first-order chi connectivity index (χ1) is 18.3. The average molecular weight is 530 g/mol. The van der Waals surface area contributed by atoms with Gasteiger partial charge in [0.05, 0.1) is 31.5 Å². The minimum absolute atomic E-state index is 0.129. The van der Waals surface area contributed by atoms with Crippen molar-refractivity contribution in [1.82, 2.24) is 16.1 Å². The van der Waals surface area contributed by atoms with Gasteiger partial charge >= 0.3 is 12.0 Å². The second-order valence-electron chi connectivity index (χ2n) is 8.26. The molecular weight excluding hydrogens is 494 g/mol. The first-order valence-electron chi connectivity index (χ1n) is 12.4. The molecule has 2 amide bonds. The Morgan fingerprint density at radius 1 is 1.21 bits per heavy atom. The second-order valence-corrected chi connectivity index (χ2v) is 8.26. The Bertz CT molecular complexity index is 1170. The van der Waals surface area contributed by atoms with Crippen molar-refractivity contribution in [3.8, 4) is 11.5 Å². The zero-order valence-electron chi connectivity index (χ0n) is 22.2. The van der Waals surface area contributed by atoms with E-state index in [1.165, 1.54) is 13.3 Å². The van der Waals surface area contributed by atoms with Gasteiger partial charge in [0, 0.05) is 24.9 Å². The van der Waals surface area contributed by atoms with Crippen LogP contribution in [0.4, 0.5) is 10.7 Å². The number of carbonyl (C=O) groups excluding carboxylic acids is 2. The Morgan fingerprint density at radius 2 is 1.97 bits per heavy atom. The summed E-state index contributed by atoms with van der Waals surface area (Å²) in [7, 11) is 1.28. The Balaban J connectivity index is 1.66. The predicted octanol–water partition coefficient (Wildman–Crippen LogP) is 2.65. The molecule has 0 aliphatic carbocycles. The van der Waals surface area contributed by atoms with Crippen molar-refractivity contribution >= 4 is 24.1 Å². The summed E-state index contributed by atoms with van der Waals surface area (Å²) in [5.41, 5.74) is 3.87. The van der Waals surface area contributed by atoms with Crippen LogP contribution in [0, 0.1) is 0 Å². The summed E-state index contributed by atoms with van der Waals surface area (Å²) in [5, 5.41) is 19.6. The standard InChI is InChI=1S/C26H35N5O7/c1-6-31(7-2)22-12-10-18(38-22)14-27-30-21(32)15-37-19-11-9-17(13-20(19)36-8-3)24-23(25(33)35-5)16(4)28-26(34)29-24/h9-14,21,24,30,32H,6-8,15H2,1-5H3,(H2,28,29,34)/b27-14-/t21-,24+/m1/s1. The molecule has 2 aromatic rings. The number of carbonyl (C=O) groups is 2. The number of hydrogen-bond acceptors (Lipinski definition) is 10. The monoisotopic (exact) mass is 529 g/mol. The van der Waals surface area contributed by atoms with Crippen molar-refractivity contribution in [2.24, 2.45) is 5.10 Å². The van der Waals surface area contributed by atoms with Crippen LogP contribution in [0.2, 0.25) is 0 Å². The molecule has 0 spiro atoms. The number of amides is 2. The molecular formula is C26H35N5O7. The van der Waals surface area contributed by atoms with Crippen LogP contribution in [0.3, 0.4) is 0 Å². The molecule has 206 valence electrons. The van der Waals surface area contributed by atoms with E-state index in [2.05, 4.69) is 26.1 Å². The van der Waals surface area contributed by atoms with Crippen LogP contribution < -0.4 is 30.4 Å². The van der Waals surface area contributed by atoms with Gasteiger partial charge in [0.1, 0.15) is 12.4 Å². The second kappa shape index (κ2) is 13.4. The highest BCUT2D eigenvalue weighted by atomic mass is 16.5. The highest BCUT2D eigenvalue weighted by Crippen LogP contribution is 2.34. The van der Waals surface area contributed by atoms with Gasteiger partial charge in [0.15, 0.2) is 23.6 Å². The van der Waals surface area contributed by atoms with Gasteiger partial charge in [-0.2, -0.15) is 5.10 Å². The number of hydrogen-bond donors (Lipinski definition) is 4. The number of rotatable bonds is 13. The van der Waals surface area contributed by atoms with E-state index < -0.39 is 24.3 Å². The fraction of sp³-hybridized carbons (Fsp3) is 0.423. The summed E-state index contributed by atoms with van der Waals surface area (Å²) >= 11 is 0. The average Bonchev–Trinajstić information content (AvgIpc) is 3.36. The number of benzene rings is 1. The number of aliphatic hydroxyl groups is 1. The van der Waals surface area contributed by atoms with Crippen molar-refractivity contribution in [3.05, 3.63) is 52.9 Å². The molecule has 38 heavy (non-hydrogen) atoms. The van der Waals surface area contributed by atoms with E-state index in [0.29, 0.717) is 35.1 Å². The number of anilines is 1. The number of esters is 1. The summed E-state index contributed by atoms with van der Waals surface area (Å²) < 4.78 is 22.1. The molecule has 0 saturated carbocycles. The van der Waals surface area contributed by atoms with E-state index >= 15 is 0 Å². The summed E-state index contributed by atoms with van der Waals surface area (Å²) in [5.74, 6) is 1.49. The summed E-state index contributed by atoms with van der Waals surface area (Å²) in [4.78, 5) is 26.5. The van der Waals surface area contributed by atoms with Crippen molar-refractivity contribution in [3.63, 3.8) is 0 Å². The third-order valence-corrected chi connectivity index (χ3v) is 5.78. The van der Waals surface area contributed by atoms with E-state index in [0.717, 1.165) is 19.0 Å². The first-order valence-corrected chi connectivity index (χ1v) is 12.4. The molecule has 12 heteroatoms. The highest BCUT2D eigenvalue weighted by Gasteiger charge is 2.32. The van der Waals surface area contributed by atoms with E-state index in [4.69, 9.17) is 18.6 Å². The topological polar surface area (TPSA) is 147 Å². The Morgan fingerprint density at radius 3 is 2.66 bits per heavy atom. The number of ether oxygens (including phenoxy) is 3. The number of nitrogens with zero attached hydrogens (tertiary/aromatic N) is 2. The lowest BCUT2D eigenvalue weighted by Gasteiger charge is -2.28. The number of urea groups is 1. The van der Waals surface area contributed by atoms with E-state index in [-0.39, 0.29) is 12.2 Å². The van der Waals surface area contributed by atoms with Gasteiger partial charge < -0.3 is 39.3 Å². The lowest BCUT2D eigenvalue weighted by molar-refractivity contribution is -0.136.